The molecule has 1 atom stereocenters. The molecule has 1 N–H and O–H groups in total. The Morgan fingerprint density at radius 1 is 2.00 bits per heavy atom. The Kier molecular flexibility index (Phi) is 3.82. The lowest BCUT2D eigenvalue weighted by Gasteiger charge is -1.99. The summed E-state index contributed by atoms with van der Waals surface area (Å²) in [5, 5.41) is 2.24. The topological polar surface area (TPSA) is 29.1 Å². The van der Waals surface area contributed by atoms with Crippen molar-refractivity contribution < 1.29 is 4.79 Å². The molecule has 0 aromatic heterocycles. The van der Waals surface area contributed by atoms with Crippen molar-refractivity contribution in [3.63, 3.8) is 0 Å². The number of thiol groups is 1. The van der Waals surface area contributed by atoms with Crippen LogP contribution in [0.1, 0.15) is 6.92 Å². The van der Waals surface area contributed by atoms with Crippen LogP contribution in [0.4, 0.5) is 4.79 Å². The first-order chi connectivity index (χ1) is 3.13. The first-order valence-electron chi connectivity index (χ1n) is 1.76. The number of amides is 1. The van der Waals surface area contributed by atoms with Crippen LogP contribution in [-0.4, -0.2) is 9.29 Å². The van der Waals surface area contributed by atoms with Crippen LogP contribution in [-0.2, 0) is 0 Å². The number of alkyl halides is 1. The van der Waals surface area contributed by atoms with E-state index in [0.717, 1.165) is 0 Å². The monoisotopic (exact) mass is 231 g/mol. The van der Waals surface area contributed by atoms with Gasteiger partial charge in [0.1, 0.15) is 0 Å². The molecule has 1 amide bonds. The second-order valence-electron chi connectivity index (χ2n) is 1.07. The zero-order valence-electron chi connectivity index (χ0n) is 3.81. The van der Waals surface area contributed by atoms with E-state index in [1.54, 1.807) is 0 Å². The van der Waals surface area contributed by atoms with Crippen LogP contribution in [0.5, 0.6) is 0 Å². The molecule has 0 bridgehead atoms. The van der Waals surface area contributed by atoms with Gasteiger partial charge in [-0.25, -0.2) is 0 Å². The highest BCUT2D eigenvalue weighted by Crippen LogP contribution is 1.92. The van der Waals surface area contributed by atoms with Crippen LogP contribution in [0.3, 0.4) is 0 Å². The molecule has 2 nitrogen and oxygen atoms in total. The maximum atomic E-state index is 10.0. The van der Waals surface area contributed by atoms with Crippen molar-refractivity contribution in [1.29, 1.82) is 0 Å². The Labute approximate surface area is 61.6 Å². The number of rotatable bonds is 1. The van der Waals surface area contributed by atoms with Crippen LogP contribution >= 0.6 is 35.2 Å². The molecule has 0 spiro atoms. The van der Waals surface area contributed by atoms with Crippen molar-refractivity contribution in [1.82, 2.24) is 5.32 Å². The summed E-state index contributed by atoms with van der Waals surface area (Å²) < 4.78 is 0.169. The van der Waals surface area contributed by atoms with Crippen molar-refractivity contribution in [2.24, 2.45) is 0 Å². The molecule has 7 heavy (non-hydrogen) atoms. The summed E-state index contributed by atoms with van der Waals surface area (Å²) in [7, 11) is 0. The summed E-state index contributed by atoms with van der Waals surface area (Å²) in [6.07, 6.45) is 0. The highest BCUT2D eigenvalue weighted by molar-refractivity contribution is 14.1. The molecule has 0 radical (unpaired) electrons. The molecular weight excluding hydrogens is 225 g/mol. The number of halogens is 1. The minimum absolute atomic E-state index is 0.169. The zero-order chi connectivity index (χ0) is 5.86. The molecule has 4 heteroatoms. The first-order valence-corrected chi connectivity index (χ1v) is 3.45. The van der Waals surface area contributed by atoms with Gasteiger partial charge in [-0.05, 0) is 6.92 Å². The minimum Gasteiger partial charge on any atom is -0.336 e. The highest BCUT2D eigenvalue weighted by Gasteiger charge is 1.93. The second-order valence-corrected chi connectivity index (χ2v) is 3.34. The minimum atomic E-state index is -0.276. The Hall–Kier alpha value is 0.550. The van der Waals surface area contributed by atoms with Crippen LogP contribution in [0.15, 0.2) is 0 Å². The third kappa shape index (κ3) is 6.55. The van der Waals surface area contributed by atoms with Gasteiger partial charge in [-0.2, -0.15) is 0 Å². The van der Waals surface area contributed by atoms with E-state index in [1.807, 2.05) is 6.92 Å². The van der Waals surface area contributed by atoms with Crippen molar-refractivity contribution in [3.05, 3.63) is 0 Å². The summed E-state index contributed by atoms with van der Waals surface area (Å²) in [5.41, 5.74) is 0. The van der Waals surface area contributed by atoms with Crippen LogP contribution in [0.25, 0.3) is 0 Å². The van der Waals surface area contributed by atoms with Crippen LogP contribution in [0.2, 0.25) is 0 Å². The van der Waals surface area contributed by atoms with Crippen molar-refractivity contribution >= 4 is 40.5 Å². The van der Waals surface area contributed by atoms with Crippen molar-refractivity contribution in [2.45, 2.75) is 11.0 Å². The summed E-state index contributed by atoms with van der Waals surface area (Å²) in [5.74, 6) is 0. The molecule has 0 fully saturated rings. The van der Waals surface area contributed by atoms with Gasteiger partial charge in [-0.1, -0.05) is 35.2 Å². The SMILES string of the molecule is CC(I)NC(=O)S. The van der Waals surface area contributed by atoms with Crippen molar-refractivity contribution in [3.8, 4) is 0 Å². The summed E-state index contributed by atoms with van der Waals surface area (Å²) >= 11 is 5.56. The maximum absolute atomic E-state index is 10.0. The van der Waals surface area contributed by atoms with Gasteiger partial charge in [0, 0.05) is 0 Å². The molecule has 0 saturated carbocycles. The molecule has 0 aliphatic carbocycles. The quantitative estimate of drug-likeness (QED) is 0.304. The molecular formula is C3H6INOS. The maximum Gasteiger partial charge on any atom is 0.276 e. The Morgan fingerprint density at radius 3 is 2.43 bits per heavy atom. The number of nitrogens with one attached hydrogen (secondary N) is 1. The van der Waals surface area contributed by atoms with Crippen LogP contribution in [0, 0.1) is 0 Å². The summed E-state index contributed by atoms with van der Waals surface area (Å²) in [6.45, 7) is 1.87. The third-order valence-corrected chi connectivity index (χ3v) is 0.763. The first kappa shape index (κ1) is 7.55. The average molecular weight is 231 g/mol. The number of carbonyl (C=O) groups is 1. The highest BCUT2D eigenvalue weighted by atomic mass is 127. The van der Waals surface area contributed by atoms with Crippen LogP contribution < -0.4 is 5.32 Å². The number of carbonyl (C=O) groups excluding carboxylic acids is 1. The van der Waals surface area contributed by atoms with Gasteiger partial charge in [-0.3, -0.25) is 4.79 Å². The fourth-order valence-electron chi connectivity index (χ4n) is 0.170. The lowest BCUT2D eigenvalue weighted by atomic mass is 10.8. The molecule has 42 valence electrons. The van der Waals surface area contributed by atoms with E-state index in [4.69, 9.17) is 0 Å². The van der Waals surface area contributed by atoms with Gasteiger partial charge in [0.2, 0.25) is 0 Å². The van der Waals surface area contributed by atoms with E-state index in [1.165, 1.54) is 0 Å². The Bertz CT molecular complexity index is 75.3. The summed E-state index contributed by atoms with van der Waals surface area (Å²) in [4.78, 5) is 10.0. The van der Waals surface area contributed by atoms with Gasteiger partial charge < -0.3 is 5.32 Å². The lowest BCUT2D eigenvalue weighted by molar-refractivity contribution is 0.261. The van der Waals surface area contributed by atoms with Gasteiger partial charge in [0.25, 0.3) is 5.24 Å². The van der Waals surface area contributed by atoms with E-state index >= 15 is 0 Å². The molecule has 0 saturated heterocycles. The van der Waals surface area contributed by atoms with E-state index in [0.29, 0.717) is 0 Å². The second kappa shape index (κ2) is 3.54. The molecule has 0 heterocycles. The molecule has 0 aliphatic rings. The van der Waals surface area contributed by atoms with Gasteiger partial charge in [-0.15, -0.1) is 0 Å². The number of hydrogen-bond acceptors (Lipinski definition) is 1. The van der Waals surface area contributed by atoms with Crippen molar-refractivity contribution in [2.75, 3.05) is 0 Å². The fourth-order valence-corrected chi connectivity index (χ4v) is 0.893. The van der Waals surface area contributed by atoms with E-state index < -0.39 is 0 Å². The zero-order valence-corrected chi connectivity index (χ0v) is 6.86. The standard InChI is InChI=1S/C3H6INOS/c1-2(4)5-3(6)7/h2H,1H3,(H2,5,6,7). The largest absolute Gasteiger partial charge is 0.336 e. The predicted molar refractivity (Wildman–Crippen MR) is 41.0 cm³/mol. The average Bonchev–Trinajstić information content (AvgIpc) is 1.27. The van der Waals surface area contributed by atoms with Gasteiger partial charge in [0.05, 0.1) is 4.05 Å². The predicted octanol–water partition coefficient (Wildman–Crippen LogP) is 1.41. The smallest absolute Gasteiger partial charge is 0.276 e. The Balaban J connectivity index is 3.13. The molecule has 0 aromatic rings. The third-order valence-electron chi connectivity index (χ3n) is 0.322. The molecule has 0 aliphatic heterocycles. The van der Waals surface area contributed by atoms with E-state index in [-0.39, 0.29) is 9.29 Å². The van der Waals surface area contributed by atoms with Gasteiger partial charge >= 0.3 is 0 Å². The molecule has 0 aromatic carbocycles. The van der Waals surface area contributed by atoms with Gasteiger partial charge in [0.15, 0.2) is 0 Å². The number of hydrogen-bond donors (Lipinski definition) is 2. The molecule has 1 unspecified atom stereocenters. The lowest BCUT2D eigenvalue weighted by Crippen LogP contribution is -2.21. The van der Waals surface area contributed by atoms with E-state index in [9.17, 15) is 4.79 Å². The van der Waals surface area contributed by atoms with E-state index in [2.05, 4.69) is 40.5 Å². The molecule has 0 rings (SSSR count). The normalized spacial score (nSPS) is 13.0. The fraction of sp³-hybridized carbons (Fsp3) is 0.667. The Morgan fingerprint density at radius 2 is 2.43 bits per heavy atom. The summed E-state index contributed by atoms with van der Waals surface area (Å²) in [6, 6.07) is 0.